The molecule has 0 N–H and O–H groups in total. The van der Waals surface area contributed by atoms with E-state index in [9.17, 15) is 13.2 Å². The van der Waals surface area contributed by atoms with E-state index in [-0.39, 0.29) is 17.4 Å². The SMILES string of the molecule is CCOC(=O)CCCc1ccc(CCN(Cc2ccccc2)S(=O)(=O)c2ccc(Cl)cc2)cc1. The molecular formula is C27H30ClNO4S. The van der Waals surface area contributed by atoms with Crippen molar-refractivity contribution in [2.45, 2.75) is 44.0 Å². The molecule has 5 nitrogen and oxygen atoms in total. The predicted octanol–water partition coefficient (Wildman–Crippen LogP) is 5.66. The zero-order chi connectivity index (χ0) is 24.4. The minimum Gasteiger partial charge on any atom is -0.466 e. The minimum atomic E-state index is -3.69. The number of esters is 1. The molecule has 3 aromatic rings. The normalized spacial score (nSPS) is 11.5. The topological polar surface area (TPSA) is 63.7 Å². The van der Waals surface area contributed by atoms with Gasteiger partial charge in [-0.2, -0.15) is 4.31 Å². The molecule has 180 valence electrons. The van der Waals surface area contributed by atoms with Crippen molar-refractivity contribution in [3.05, 3.63) is 101 Å². The third-order valence-corrected chi connectivity index (χ3v) is 7.59. The van der Waals surface area contributed by atoms with Gasteiger partial charge in [0.25, 0.3) is 0 Å². The first-order chi connectivity index (χ1) is 16.4. The Hall–Kier alpha value is -2.67. The van der Waals surface area contributed by atoms with E-state index in [1.807, 2.05) is 54.6 Å². The number of rotatable bonds is 12. The van der Waals surface area contributed by atoms with Gasteiger partial charge in [0.05, 0.1) is 11.5 Å². The molecule has 0 amide bonds. The van der Waals surface area contributed by atoms with Crippen LogP contribution in [0.2, 0.25) is 5.02 Å². The largest absolute Gasteiger partial charge is 0.466 e. The molecule has 0 aromatic heterocycles. The number of carbonyl (C=O) groups excluding carboxylic acids is 1. The summed E-state index contributed by atoms with van der Waals surface area (Å²) >= 11 is 5.95. The Morgan fingerprint density at radius 2 is 1.47 bits per heavy atom. The summed E-state index contributed by atoms with van der Waals surface area (Å²) in [4.78, 5) is 11.7. The fourth-order valence-electron chi connectivity index (χ4n) is 3.62. The number of hydrogen-bond acceptors (Lipinski definition) is 4. The van der Waals surface area contributed by atoms with Gasteiger partial charge in [0.2, 0.25) is 10.0 Å². The number of halogens is 1. The Kier molecular flexibility index (Phi) is 9.69. The van der Waals surface area contributed by atoms with E-state index in [1.165, 1.54) is 4.31 Å². The van der Waals surface area contributed by atoms with Crippen LogP contribution in [0.3, 0.4) is 0 Å². The van der Waals surface area contributed by atoms with Crippen LogP contribution in [0.15, 0.2) is 83.8 Å². The van der Waals surface area contributed by atoms with Crippen LogP contribution in [0.1, 0.15) is 36.5 Å². The van der Waals surface area contributed by atoms with E-state index in [2.05, 4.69) is 0 Å². The first-order valence-electron chi connectivity index (χ1n) is 11.4. The summed E-state index contributed by atoms with van der Waals surface area (Å²) in [5, 5.41) is 0.496. The van der Waals surface area contributed by atoms with Crippen molar-refractivity contribution in [2.75, 3.05) is 13.2 Å². The van der Waals surface area contributed by atoms with Crippen molar-refractivity contribution in [3.8, 4) is 0 Å². The van der Waals surface area contributed by atoms with Gasteiger partial charge in [-0.25, -0.2) is 8.42 Å². The maximum absolute atomic E-state index is 13.4. The van der Waals surface area contributed by atoms with Gasteiger partial charge < -0.3 is 4.74 Å². The summed E-state index contributed by atoms with van der Waals surface area (Å²) in [6.07, 6.45) is 2.53. The highest BCUT2D eigenvalue weighted by Gasteiger charge is 2.24. The standard InChI is InChI=1S/C27H30ClNO4S/c1-2-33-27(30)10-6-9-22-11-13-23(14-12-22)19-20-29(21-24-7-4-3-5-8-24)34(31,32)26-17-15-25(28)16-18-26/h3-5,7-8,11-18H,2,6,9-10,19-21H2,1H3. The van der Waals surface area contributed by atoms with E-state index in [0.29, 0.717) is 31.0 Å². The van der Waals surface area contributed by atoms with E-state index in [1.54, 1.807) is 31.2 Å². The molecule has 7 heteroatoms. The molecule has 0 unspecified atom stereocenters. The lowest BCUT2D eigenvalue weighted by Gasteiger charge is -2.22. The third kappa shape index (κ3) is 7.69. The average molecular weight is 500 g/mol. The molecule has 0 saturated heterocycles. The van der Waals surface area contributed by atoms with E-state index in [4.69, 9.17) is 16.3 Å². The molecule has 0 bridgehead atoms. The first kappa shape index (κ1) is 25.9. The Bertz CT molecular complexity index is 1150. The predicted molar refractivity (Wildman–Crippen MR) is 135 cm³/mol. The highest BCUT2D eigenvalue weighted by atomic mass is 35.5. The van der Waals surface area contributed by atoms with Gasteiger partial charge in [-0.3, -0.25) is 4.79 Å². The van der Waals surface area contributed by atoms with E-state index in [0.717, 1.165) is 29.5 Å². The number of nitrogens with zero attached hydrogens (tertiary/aromatic N) is 1. The molecule has 0 spiro atoms. The number of benzene rings is 3. The Morgan fingerprint density at radius 3 is 2.09 bits per heavy atom. The lowest BCUT2D eigenvalue weighted by atomic mass is 10.0. The van der Waals surface area contributed by atoms with E-state index >= 15 is 0 Å². The summed E-state index contributed by atoms with van der Waals surface area (Å²) in [5.74, 6) is -0.167. The second-order valence-corrected chi connectivity index (χ2v) is 10.4. The Morgan fingerprint density at radius 1 is 0.853 bits per heavy atom. The van der Waals surface area contributed by atoms with Gasteiger partial charge >= 0.3 is 5.97 Å². The molecule has 34 heavy (non-hydrogen) atoms. The van der Waals surface area contributed by atoms with Crippen molar-refractivity contribution in [1.82, 2.24) is 4.31 Å². The lowest BCUT2D eigenvalue weighted by Crippen LogP contribution is -2.32. The van der Waals surface area contributed by atoms with Gasteiger partial charge in [-0.15, -0.1) is 0 Å². The Balaban J connectivity index is 1.67. The van der Waals surface area contributed by atoms with Crippen LogP contribution >= 0.6 is 11.6 Å². The van der Waals surface area contributed by atoms with Gasteiger partial charge in [-0.05, 0) is 67.1 Å². The third-order valence-electron chi connectivity index (χ3n) is 5.48. The van der Waals surface area contributed by atoms with Crippen molar-refractivity contribution < 1.29 is 17.9 Å². The summed E-state index contributed by atoms with van der Waals surface area (Å²) in [7, 11) is -3.69. The molecule has 0 aliphatic heterocycles. The highest BCUT2D eigenvalue weighted by Crippen LogP contribution is 2.21. The zero-order valence-electron chi connectivity index (χ0n) is 19.3. The van der Waals surface area contributed by atoms with Crippen molar-refractivity contribution in [2.24, 2.45) is 0 Å². The van der Waals surface area contributed by atoms with Gasteiger partial charge in [0, 0.05) is 24.5 Å². The summed E-state index contributed by atoms with van der Waals surface area (Å²) in [6, 6.07) is 24.0. The van der Waals surface area contributed by atoms with E-state index < -0.39 is 10.0 Å². The number of ether oxygens (including phenoxy) is 1. The summed E-state index contributed by atoms with van der Waals surface area (Å²) in [5.41, 5.74) is 3.12. The maximum Gasteiger partial charge on any atom is 0.305 e. The minimum absolute atomic E-state index is 0.167. The molecule has 0 saturated carbocycles. The van der Waals surface area contributed by atoms with Crippen LogP contribution in [0.4, 0.5) is 0 Å². The van der Waals surface area contributed by atoms with Gasteiger partial charge in [0.15, 0.2) is 0 Å². The van der Waals surface area contributed by atoms with Crippen molar-refractivity contribution in [3.63, 3.8) is 0 Å². The molecule has 3 aromatic carbocycles. The van der Waals surface area contributed by atoms with Crippen LogP contribution in [-0.4, -0.2) is 31.8 Å². The quantitative estimate of drug-likeness (QED) is 0.302. The first-order valence-corrected chi connectivity index (χ1v) is 13.2. The smallest absolute Gasteiger partial charge is 0.305 e. The molecule has 0 aliphatic carbocycles. The van der Waals surface area contributed by atoms with Gasteiger partial charge in [-0.1, -0.05) is 66.2 Å². The van der Waals surface area contributed by atoms with Crippen LogP contribution in [-0.2, 0) is 38.9 Å². The summed E-state index contributed by atoms with van der Waals surface area (Å²) < 4.78 is 33.3. The molecule has 0 fully saturated rings. The van der Waals surface area contributed by atoms with Crippen LogP contribution in [0.5, 0.6) is 0 Å². The molecule has 3 rings (SSSR count). The fourth-order valence-corrected chi connectivity index (χ4v) is 5.18. The number of aryl methyl sites for hydroxylation is 1. The monoisotopic (exact) mass is 499 g/mol. The molecule has 0 aliphatic rings. The van der Waals surface area contributed by atoms with Gasteiger partial charge in [0.1, 0.15) is 0 Å². The fraction of sp³-hybridized carbons (Fsp3) is 0.296. The van der Waals surface area contributed by atoms with Crippen LogP contribution in [0, 0.1) is 0 Å². The number of hydrogen-bond donors (Lipinski definition) is 0. The number of carbonyl (C=O) groups is 1. The average Bonchev–Trinajstić information content (AvgIpc) is 2.83. The number of sulfonamides is 1. The lowest BCUT2D eigenvalue weighted by molar-refractivity contribution is -0.143. The Labute approximate surface area is 207 Å². The van der Waals surface area contributed by atoms with Crippen molar-refractivity contribution in [1.29, 1.82) is 0 Å². The highest BCUT2D eigenvalue weighted by molar-refractivity contribution is 7.89. The maximum atomic E-state index is 13.4. The van der Waals surface area contributed by atoms with Crippen LogP contribution < -0.4 is 0 Å². The van der Waals surface area contributed by atoms with Crippen molar-refractivity contribution >= 4 is 27.6 Å². The molecule has 0 heterocycles. The molecular weight excluding hydrogens is 470 g/mol. The molecule has 0 atom stereocenters. The summed E-state index contributed by atoms with van der Waals surface area (Å²) in [6.45, 7) is 2.85. The molecule has 0 radical (unpaired) electrons. The second-order valence-electron chi connectivity index (χ2n) is 8.00. The van der Waals surface area contributed by atoms with Crippen LogP contribution in [0.25, 0.3) is 0 Å². The zero-order valence-corrected chi connectivity index (χ0v) is 20.9. The second kappa shape index (κ2) is 12.7.